The molecule has 0 N–H and O–H groups in total. The van der Waals surface area contributed by atoms with Gasteiger partial charge in [0.15, 0.2) is 0 Å². The van der Waals surface area contributed by atoms with Crippen LogP contribution in [0.15, 0.2) is 91.0 Å². The summed E-state index contributed by atoms with van der Waals surface area (Å²) in [6, 6.07) is 34.2. The topological polar surface area (TPSA) is 17.1 Å². The Morgan fingerprint density at radius 1 is 0.543 bits per heavy atom. The molecule has 0 aliphatic heterocycles. The van der Waals surface area contributed by atoms with Crippen LogP contribution >= 0.6 is 0 Å². The molecule has 4 aromatic carbocycles. The Morgan fingerprint density at radius 3 is 1.67 bits per heavy atom. The fraction of sp³-hybridized carbons (Fsp3) is 0.489. The quantitative estimate of drug-likeness (QED) is 0.226. The Bertz CT molecular complexity index is 1690. The maximum absolute atomic E-state index is 14.6. The van der Waals surface area contributed by atoms with Crippen LogP contribution in [0.3, 0.4) is 0 Å². The summed E-state index contributed by atoms with van der Waals surface area (Å²) in [5.41, 5.74) is 7.25. The molecule has 1 nitrogen and oxygen atoms in total. The van der Waals surface area contributed by atoms with Crippen molar-refractivity contribution < 1.29 is 4.79 Å². The first kappa shape index (κ1) is 30.2. The van der Waals surface area contributed by atoms with Crippen molar-refractivity contribution in [1.82, 2.24) is 0 Å². The zero-order valence-corrected chi connectivity index (χ0v) is 28.8. The van der Waals surface area contributed by atoms with E-state index in [1.165, 1.54) is 65.1 Å². The molecule has 0 radical (unpaired) electrons. The Morgan fingerprint density at radius 2 is 1.09 bits per heavy atom. The normalized spacial score (nSPS) is 32.4. The molecule has 0 heterocycles. The zero-order valence-electron chi connectivity index (χ0n) is 28.8. The first-order valence-electron chi connectivity index (χ1n) is 18.2. The van der Waals surface area contributed by atoms with Crippen molar-refractivity contribution in [3.05, 3.63) is 119 Å². The Kier molecular flexibility index (Phi) is 7.17. The largest absolute Gasteiger partial charge is 0.298 e. The van der Waals surface area contributed by atoms with Crippen LogP contribution in [0.5, 0.6) is 0 Å². The molecule has 4 fully saturated rings. The highest BCUT2D eigenvalue weighted by molar-refractivity contribution is 5.95. The molecule has 8 rings (SSSR count). The molecule has 4 aliphatic carbocycles. The fourth-order valence-corrected chi connectivity index (χ4v) is 11.2. The predicted octanol–water partition coefficient (Wildman–Crippen LogP) is 11.4. The summed E-state index contributed by atoms with van der Waals surface area (Å²) in [4.78, 5) is 14.6. The van der Waals surface area contributed by atoms with E-state index in [2.05, 4.69) is 133 Å². The highest BCUT2D eigenvalue weighted by atomic mass is 16.1. The molecule has 0 spiro atoms. The predicted molar refractivity (Wildman–Crippen MR) is 191 cm³/mol. The van der Waals surface area contributed by atoms with Gasteiger partial charge < -0.3 is 0 Å². The van der Waals surface area contributed by atoms with Crippen molar-refractivity contribution in [3.63, 3.8) is 0 Å². The van der Waals surface area contributed by atoms with Crippen molar-refractivity contribution in [1.29, 1.82) is 0 Å². The minimum absolute atomic E-state index is 0.0325. The fourth-order valence-electron chi connectivity index (χ4n) is 11.2. The molecule has 46 heavy (non-hydrogen) atoms. The third-order valence-electron chi connectivity index (χ3n) is 13.1. The van der Waals surface area contributed by atoms with E-state index in [0.29, 0.717) is 41.3 Å². The van der Waals surface area contributed by atoms with Gasteiger partial charge in [-0.25, -0.2) is 0 Å². The van der Waals surface area contributed by atoms with Crippen LogP contribution in [0.2, 0.25) is 0 Å². The number of fused-ring (bicyclic) bond motifs is 4. The number of ketones is 1. The van der Waals surface area contributed by atoms with E-state index < -0.39 is 0 Å². The van der Waals surface area contributed by atoms with Crippen LogP contribution in [0, 0.1) is 35.5 Å². The Labute approximate surface area is 277 Å². The molecule has 0 saturated heterocycles. The first-order chi connectivity index (χ1) is 22.0. The third-order valence-corrected chi connectivity index (χ3v) is 13.1. The van der Waals surface area contributed by atoms with Crippen molar-refractivity contribution in [2.45, 2.75) is 102 Å². The lowest BCUT2D eigenvalue weighted by Crippen LogP contribution is -2.40. The summed E-state index contributed by atoms with van der Waals surface area (Å²) in [5, 5.41) is 2.90. The lowest BCUT2D eigenvalue weighted by atomic mass is 9.56. The summed E-state index contributed by atoms with van der Waals surface area (Å²) in [6.45, 7) is 14.1. The Hall–Kier alpha value is -3.19. The maximum Gasteiger partial charge on any atom is 0.148 e. The van der Waals surface area contributed by atoms with E-state index >= 15 is 0 Å². The lowest BCUT2D eigenvalue weighted by Gasteiger charge is -2.48. The van der Waals surface area contributed by atoms with Gasteiger partial charge in [-0.1, -0.05) is 139 Å². The lowest BCUT2D eigenvalue weighted by molar-refractivity contribution is -0.121. The maximum atomic E-state index is 14.6. The highest BCUT2D eigenvalue weighted by Crippen LogP contribution is 2.70. The average molecular weight is 609 g/mol. The van der Waals surface area contributed by atoms with Crippen molar-refractivity contribution in [3.8, 4) is 0 Å². The average Bonchev–Trinajstić information content (AvgIpc) is 3.52. The molecule has 0 aromatic heterocycles. The standard InChI is InChI=1S/C45H52O/c1-44(2,3)30-20-21-32-29(24-30)25-31(45(4,5)6)26-37(32)33-22-23-36-40-34(33)18-13-19-35(40)41-38(27-14-9-7-10-15-27)43(46)39(42(36)41)28-16-11-8-12-17-28/h7-12,14-17,20-21,24-26,33-36,38-42H,13,18-19,22-23H2,1-6H3. The van der Waals surface area contributed by atoms with Crippen LogP contribution < -0.4 is 0 Å². The van der Waals surface area contributed by atoms with Gasteiger partial charge in [0.2, 0.25) is 0 Å². The first-order valence-corrected chi connectivity index (χ1v) is 18.2. The van der Waals surface area contributed by atoms with Crippen LogP contribution in [0.25, 0.3) is 10.8 Å². The van der Waals surface area contributed by atoms with Crippen molar-refractivity contribution in [2.75, 3.05) is 0 Å². The molecular weight excluding hydrogens is 556 g/mol. The van der Waals surface area contributed by atoms with Gasteiger partial charge in [-0.3, -0.25) is 4.79 Å². The van der Waals surface area contributed by atoms with Gasteiger partial charge >= 0.3 is 0 Å². The second-order valence-corrected chi connectivity index (χ2v) is 17.5. The Balaban J connectivity index is 1.24. The minimum atomic E-state index is 0.0325. The smallest absolute Gasteiger partial charge is 0.148 e. The second kappa shape index (κ2) is 10.9. The van der Waals surface area contributed by atoms with E-state index in [1.54, 1.807) is 5.56 Å². The van der Waals surface area contributed by atoms with Crippen LogP contribution in [0.4, 0.5) is 0 Å². The summed E-state index contributed by atoms with van der Waals surface area (Å²) in [6.07, 6.45) is 6.43. The van der Waals surface area contributed by atoms with Gasteiger partial charge in [0.05, 0.1) is 0 Å². The van der Waals surface area contributed by atoms with Crippen LogP contribution in [-0.4, -0.2) is 5.78 Å². The van der Waals surface area contributed by atoms with Gasteiger partial charge in [0.1, 0.15) is 5.78 Å². The van der Waals surface area contributed by atoms with Gasteiger partial charge in [-0.15, -0.1) is 0 Å². The molecule has 9 atom stereocenters. The number of rotatable bonds is 3. The SMILES string of the molecule is CC(C)(C)c1ccc2c(C3CCC4C5C3CCCC5C3C(c5ccccc5)C(=O)C(c5ccccc5)C43)cc(C(C)(C)C)cc2c1. The number of carbonyl (C=O) groups is 1. The molecule has 9 unspecified atom stereocenters. The molecule has 4 aromatic rings. The third kappa shape index (κ3) is 4.74. The van der Waals surface area contributed by atoms with E-state index in [4.69, 9.17) is 0 Å². The summed E-state index contributed by atoms with van der Waals surface area (Å²) < 4.78 is 0. The number of hydrogen-bond acceptors (Lipinski definition) is 1. The summed E-state index contributed by atoms with van der Waals surface area (Å²) >= 11 is 0. The van der Waals surface area contributed by atoms with Crippen molar-refractivity contribution >= 4 is 16.6 Å². The highest BCUT2D eigenvalue weighted by Gasteiger charge is 2.66. The zero-order chi connectivity index (χ0) is 32.0. The van der Waals surface area contributed by atoms with E-state index in [0.717, 1.165) is 5.92 Å². The summed E-state index contributed by atoms with van der Waals surface area (Å²) in [5.74, 6) is 4.78. The van der Waals surface area contributed by atoms with Crippen molar-refractivity contribution in [2.24, 2.45) is 35.5 Å². The molecule has 4 saturated carbocycles. The monoisotopic (exact) mass is 608 g/mol. The minimum Gasteiger partial charge on any atom is -0.298 e. The number of hydrogen-bond donors (Lipinski definition) is 0. The molecule has 1 heteroatoms. The van der Waals surface area contributed by atoms with E-state index in [9.17, 15) is 4.79 Å². The number of carbonyl (C=O) groups excluding carboxylic acids is 1. The molecule has 0 bridgehead atoms. The van der Waals surface area contributed by atoms with E-state index in [1.807, 2.05) is 0 Å². The van der Waals surface area contributed by atoms with E-state index in [-0.39, 0.29) is 22.7 Å². The van der Waals surface area contributed by atoms with Gasteiger partial charge in [0.25, 0.3) is 0 Å². The van der Waals surface area contributed by atoms with Gasteiger partial charge in [0, 0.05) is 11.8 Å². The molecule has 4 aliphatic rings. The second-order valence-electron chi connectivity index (χ2n) is 17.5. The molecule has 238 valence electrons. The molecular formula is C45H52O. The number of Topliss-reactive ketones (excluding diaryl/α,β-unsaturated/α-hetero) is 1. The van der Waals surface area contributed by atoms with Crippen LogP contribution in [0.1, 0.15) is 119 Å². The van der Waals surface area contributed by atoms with Gasteiger partial charge in [-0.05, 0) is 117 Å². The number of benzene rings is 4. The van der Waals surface area contributed by atoms with Crippen LogP contribution in [-0.2, 0) is 15.6 Å². The molecule has 0 amide bonds. The van der Waals surface area contributed by atoms with Gasteiger partial charge in [-0.2, -0.15) is 0 Å². The summed E-state index contributed by atoms with van der Waals surface area (Å²) in [7, 11) is 0.